The first-order valence-corrected chi connectivity index (χ1v) is 9.35. The van der Waals surface area contributed by atoms with Crippen LogP contribution in [0.5, 0.6) is 11.5 Å². The Kier molecular flexibility index (Phi) is 5.25. The second kappa shape index (κ2) is 7.96. The highest BCUT2D eigenvalue weighted by Gasteiger charge is 2.26. The van der Waals surface area contributed by atoms with Crippen molar-refractivity contribution in [1.29, 1.82) is 0 Å². The topological polar surface area (TPSA) is 50.8 Å². The number of ether oxygens (including phenoxy) is 2. The number of amides is 1. The predicted octanol–water partition coefficient (Wildman–Crippen LogP) is 3.45. The Morgan fingerprint density at radius 3 is 2.70 bits per heavy atom. The Balaban J connectivity index is 1.36. The number of nitrogens with one attached hydrogen (secondary N) is 1. The summed E-state index contributed by atoms with van der Waals surface area (Å²) in [5.41, 5.74) is 1.78. The molecule has 0 spiro atoms. The smallest absolute Gasteiger partial charge is 0.228 e. The number of nitrogens with zero attached hydrogens (tertiary/aromatic N) is 1. The summed E-state index contributed by atoms with van der Waals surface area (Å²) in [4.78, 5) is 15.0. The molecular weight excluding hydrogens is 347 g/mol. The molecule has 2 aliphatic heterocycles. The van der Waals surface area contributed by atoms with Gasteiger partial charge < -0.3 is 14.8 Å². The summed E-state index contributed by atoms with van der Waals surface area (Å²) in [6.07, 6.45) is 1.84. The number of halogens is 1. The first-order valence-electron chi connectivity index (χ1n) is 9.35. The molecule has 5 nitrogen and oxygen atoms in total. The van der Waals surface area contributed by atoms with E-state index >= 15 is 0 Å². The Bertz CT molecular complexity index is 810. The molecule has 1 atom stereocenters. The van der Waals surface area contributed by atoms with Crippen molar-refractivity contribution in [2.75, 3.05) is 31.6 Å². The molecule has 2 aliphatic rings. The quantitative estimate of drug-likeness (QED) is 0.896. The molecular formula is C21H23FN2O3. The van der Waals surface area contributed by atoms with Crippen molar-refractivity contribution < 1.29 is 18.7 Å². The molecule has 1 unspecified atom stereocenters. The van der Waals surface area contributed by atoms with E-state index in [1.54, 1.807) is 12.1 Å². The number of benzene rings is 2. The molecule has 2 aromatic rings. The van der Waals surface area contributed by atoms with E-state index in [0.717, 1.165) is 37.2 Å². The molecule has 0 radical (unpaired) electrons. The van der Waals surface area contributed by atoms with E-state index in [0.29, 0.717) is 31.3 Å². The molecule has 0 bridgehead atoms. The molecule has 2 heterocycles. The van der Waals surface area contributed by atoms with E-state index in [1.807, 2.05) is 18.2 Å². The Morgan fingerprint density at radius 1 is 1.11 bits per heavy atom. The van der Waals surface area contributed by atoms with Gasteiger partial charge in [-0.2, -0.15) is 0 Å². The minimum absolute atomic E-state index is 0.0236. The standard InChI is InChI=1S/C21H23FN2O3/c22-17-5-3-15(4-6-17)13-24-9-1-2-16(14-24)21(25)23-18-7-8-19-20(12-18)27-11-10-26-19/h3-8,12,16H,1-2,9-11,13-14H2,(H,23,25). The van der Waals surface area contributed by atoms with Gasteiger partial charge in [0.1, 0.15) is 19.0 Å². The molecule has 1 amide bonds. The average Bonchev–Trinajstić information content (AvgIpc) is 2.70. The van der Waals surface area contributed by atoms with Crippen molar-refractivity contribution in [3.8, 4) is 11.5 Å². The van der Waals surface area contributed by atoms with Gasteiger partial charge in [0.25, 0.3) is 0 Å². The molecule has 0 aliphatic carbocycles. The lowest BCUT2D eigenvalue weighted by atomic mass is 9.96. The van der Waals surface area contributed by atoms with Crippen LogP contribution >= 0.6 is 0 Å². The first kappa shape index (κ1) is 17.8. The van der Waals surface area contributed by atoms with E-state index < -0.39 is 0 Å². The SMILES string of the molecule is O=C(Nc1ccc2c(c1)OCCO2)C1CCCN(Cc2ccc(F)cc2)C1. The minimum atomic E-state index is -0.228. The van der Waals surface area contributed by atoms with Crippen molar-refractivity contribution in [1.82, 2.24) is 4.90 Å². The van der Waals surface area contributed by atoms with Gasteiger partial charge in [-0.3, -0.25) is 9.69 Å². The summed E-state index contributed by atoms with van der Waals surface area (Å²) in [6, 6.07) is 12.0. The maximum atomic E-state index is 13.1. The van der Waals surface area contributed by atoms with E-state index in [4.69, 9.17) is 9.47 Å². The summed E-state index contributed by atoms with van der Waals surface area (Å²) in [6.45, 7) is 3.45. The Labute approximate surface area is 158 Å². The molecule has 0 aromatic heterocycles. The lowest BCUT2D eigenvalue weighted by molar-refractivity contribution is -0.121. The highest BCUT2D eigenvalue weighted by atomic mass is 19.1. The fourth-order valence-corrected chi connectivity index (χ4v) is 3.63. The Hall–Kier alpha value is -2.60. The van der Waals surface area contributed by atoms with Crippen molar-refractivity contribution in [3.05, 3.63) is 53.8 Å². The van der Waals surface area contributed by atoms with Crippen LogP contribution in [0.4, 0.5) is 10.1 Å². The second-order valence-electron chi connectivity index (χ2n) is 7.05. The zero-order valence-corrected chi connectivity index (χ0v) is 15.1. The van der Waals surface area contributed by atoms with Gasteiger partial charge in [0.05, 0.1) is 5.92 Å². The van der Waals surface area contributed by atoms with Crippen LogP contribution < -0.4 is 14.8 Å². The third-order valence-electron chi connectivity index (χ3n) is 5.01. The second-order valence-corrected chi connectivity index (χ2v) is 7.05. The molecule has 0 saturated carbocycles. The maximum Gasteiger partial charge on any atom is 0.228 e. The van der Waals surface area contributed by atoms with Crippen LogP contribution in [-0.2, 0) is 11.3 Å². The van der Waals surface area contributed by atoms with Crippen LogP contribution in [0.3, 0.4) is 0 Å². The number of hydrogen-bond donors (Lipinski definition) is 1. The molecule has 2 aromatic carbocycles. The number of carbonyl (C=O) groups excluding carboxylic acids is 1. The van der Waals surface area contributed by atoms with Crippen molar-refractivity contribution in [2.45, 2.75) is 19.4 Å². The molecule has 6 heteroatoms. The predicted molar refractivity (Wildman–Crippen MR) is 100 cm³/mol. The number of rotatable bonds is 4. The summed E-state index contributed by atoms with van der Waals surface area (Å²) in [5, 5.41) is 3.00. The van der Waals surface area contributed by atoms with Crippen LogP contribution in [0.1, 0.15) is 18.4 Å². The lowest BCUT2D eigenvalue weighted by Gasteiger charge is -2.32. The van der Waals surface area contributed by atoms with Crippen LogP contribution in [0.15, 0.2) is 42.5 Å². The Morgan fingerprint density at radius 2 is 1.89 bits per heavy atom. The average molecular weight is 370 g/mol. The highest BCUT2D eigenvalue weighted by Crippen LogP contribution is 2.33. The van der Waals surface area contributed by atoms with Gasteiger partial charge in [-0.25, -0.2) is 4.39 Å². The van der Waals surface area contributed by atoms with Crippen LogP contribution in [-0.4, -0.2) is 37.1 Å². The molecule has 1 fully saturated rings. The minimum Gasteiger partial charge on any atom is -0.486 e. The summed E-state index contributed by atoms with van der Waals surface area (Å²) < 4.78 is 24.1. The van der Waals surface area contributed by atoms with Gasteiger partial charge in [0, 0.05) is 24.8 Å². The zero-order valence-electron chi connectivity index (χ0n) is 15.1. The van der Waals surface area contributed by atoms with Crippen molar-refractivity contribution in [2.24, 2.45) is 5.92 Å². The van der Waals surface area contributed by atoms with Gasteiger partial charge in [-0.1, -0.05) is 12.1 Å². The molecule has 1 N–H and O–H groups in total. The molecule has 27 heavy (non-hydrogen) atoms. The summed E-state index contributed by atoms with van der Waals surface area (Å²) >= 11 is 0. The fraction of sp³-hybridized carbons (Fsp3) is 0.381. The molecule has 4 rings (SSSR count). The zero-order chi connectivity index (χ0) is 18.6. The van der Waals surface area contributed by atoms with E-state index in [9.17, 15) is 9.18 Å². The third kappa shape index (κ3) is 4.39. The van der Waals surface area contributed by atoms with Crippen LogP contribution in [0.25, 0.3) is 0 Å². The largest absolute Gasteiger partial charge is 0.486 e. The first-order chi connectivity index (χ1) is 13.2. The van der Waals surface area contributed by atoms with Gasteiger partial charge in [-0.15, -0.1) is 0 Å². The van der Waals surface area contributed by atoms with E-state index in [-0.39, 0.29) is 17.6 Å². The van der Waals surface area contributed by atoms with Crippen LogP contribution in [0.2, 0.25) is 0 Å². The summed E-state index contributed by atoms with van der Waals surface area (Å²) in [7, 11) is 0. The third-order valence-corrected chi connectivity index (χ3v) is 5.01. The molecule has 1 saturated heterocycles. The monoisotopic (exact) mass is 370 g/mol. The maximum absolute atomic E-state index is 13.1. The number of hydrogen-bond acceptors (Lipinski definition) is 4. The number of carbonyl (C=O) groups is 1. The number of anilines is 1. The van der Waals surface area contributed by atoms with Crippen LogP contribution in [0, 0.1) is 11.7 Å². The van der Waals surface area contributed by atoms with Crippen molar-refractivity contribution >= 4 is 11.6 Å². The highest BCUT2D eigenvalue weighted by molar-refractivity contribution is 5.93. The van der Waals surface area contributed by atoms with Crippen molar-refractivity contribution in [3.63, 3.8) is 0 Å². The van der Waals surface area contributed by atoms with Gasteiger partial charge in [-0.05, 0) is 49.2 Å². The van der Waals surface area contributed by atoms with Gasteiger partial charge in [0.2, 0.25) is 5.91 Å². The van der Waals surface area contributed by atoms with Gasteiger partial charge >= 0.3 is 0 Å². The lowest BCUT2D eigenvalue weighted by Crippen LogP contribution is -2.40. The number of fused-ring (bicyclic) bond motifs is 1. The normalized spacial score (nSPS) is 19.5. The van der Waals surface area contributed by atoms with E-state index in [2.05, 4.69) is 10.2 Å². The summed E-state index contributed by atoms with van der Waals surface area (Å²) in [5.74, 6) is 1.11. The van der Waals surface area contributed by atoms with E-state index in [1.165, 1.54) is 12.1 Å². The molecule has 142 valence electrons. The fourth-order valence-electron chi connectivity index (χ4n) is 3.63. The number of piperidine rings is 1. The number of likely N-dealkylation sites (tertiary alicyclic amines) is 1. The van der Waals surface area contributed by atoms with Gasteiger partial charge in [0.15, 0.2) is 11.5 Å².